The number of benzene rings is 1. The van der Waals surface area contributed by atoms with E-state index >= 15 is 0 Å². The Balaban J connectivity index is 2.35. The minimum Gasteiger partial charge on any atom is -0.455 e. The molecule has 0 aromatic heterocycles. The minimum absolute atomic E-state index is 0.0376. The number of unbranched alkanes of at least 4 members (excludes halogenated alkanes) is 2. The molecule has 0 saturated carbocycles. The molecule has 0 radical (unpaired) electrons. The number of rotatable bonds is 5. The summed E-state index contributed by atoms with van der Waals surface area (Å²) < 4.78 is 5.44. The topological polar surface area (TPSA) is 124 Å². The molecule has 0 amide bonds. The second-order valence-electron chi connectivity index (χ2n) is 9.19. The van der Waals surface area contributed by atoms with Gasteiger partial charge in [-0.1, -0.05) is 44.2 Å². The zero-order valence-corrected chi connectivity index (χ0v) is 19.2. The number of esters is 1. The summed E-state index contributed by atoms with van der Waals surface area (Å²) in [5, 5.41) is 40.6. The molecule has 0 unspecified atom stereocenters. The van der Waals surface area contributed by atoms with Crippen LogP contribution >= 0.6 is 0 Å². The highest BCUT2D eigenvalue weighted by atomic mass is 16.6. The summed E-state index contributed by atoms with van der Waals surface area (Å²) in [5.41, 5.74) is 1.42. The van der Waals surface area contributed by atoms with Gasteiger partial charge in [0.2, 0.25) is 0 Å². The van der Waals surface area contributed by atoms with Crippen molar-refractivity contribution < 1.29 is 34.8 Å². The molecule has 2 rings (SSSR count). The summed E-state index contributed by atoms with van der Waals surface area (Å²) in [4.78, 5) is 25.3. The lowest BCUT2D eigenvalue weighted by Gasteiger charge is -2.32. The molecule has 7 nitrogen and oxygen atoms in total. The predicted octanol–water partition coefficient (Wildman–Crippen LogP) is 1.97. The fourth-order valence-corrected chi connectivity index (χ4v) is 3.79. The number of ketones is 1. The fraction of sp³-hybridized carbons (Fsp3) is 0.600. The van der Waals surface area contributed by atoms with E-state index in [2.05, 4.69) is 0 Å². The minimum atomic E-state index is -1.75. The third-order valence-corrected chi connectivity index (χ3v) is 6.23. The molecule has 0 spiro atoms. The highest BCUT2D eigenvalue weighted by molar-refractivity contribution is 5.81. The van der Waals surface area contributed by atoms with Crippen molar-refractivity contribution in [3.05, 3.63) is 47.0 Å². The first-order valence-electron chi connectivity index (χ1n) is 11.2. The van der Waals surface area contributed by atoms with Gasteiger partial charge in [0.25, 0.3) is 0 Å². The Morgan fingerprint density at radius 2 is 1.84 bits per heavy atom. The van der Waals surface area contributed by atoms with E-state index in [0.29, 0.717) is 24.0 Å². The van der Waals surface area contributed by atoms with Crippen LogP contribution in [0.4, 0.5) is 0 Å². The zero-order chi connectivity index (χ0) is 23.9. The van der Waals surface area contributed by atoms with E-state index in [0.717, 1.165) is 12.0 Å². The van der Waals surface area contributed by atoms with E-state index in [1.807, 2.05) is 32.1 Å². The van der Waals surface area contributed by atoms with Crippen LogP contribution in [0.2, 0.25) is 0 Å². The quantitative estimate of drug-likeness (QED) is 0.308. The average Bonchev–Trinajstić information content (AvgIpc) is 2.74. The Bertz CT molecular complexity index is 814. The molecule has 7 heteroatoms. The monoisotopic (exact) mass is 448 g/mol. The van der Waals surface area contributed by atoms with Crippen molar-refractivity contribution >= 4 is 11.8 Å². The van der Waals surface area contributed by atoms with Gasteiger partial charge in [-0.3, -0.25) is 4.79 Å². The standard InChI is InChI=1S/C25H36O7/c1-16(8-5-4-6-11-26)21-14-19(27)15-22(29)25(2,3)18-10-7-9-17(12-18)13-20(28)23(30)24(31)32-21/h7-10,12,20-23,26,28-30H,4-6,11,13-15H2,1-3H3/b16-8-/t20-,21-,22-,23-/m1/s1. The number of Topliss-reactive ketones (excluding diaryl/α,β-unsaturated/α-hetero) is 1. The zero-order valence-electron chi connectivity index (χ0n) is 19.2. The van der Waals surface area contributed by atoms with Crippen molar-refractivity contribution in [2.45, 2.75) is 89.1 Å². The molecule has 1 aromatic carbocycles. The number of aliphatic hydroxyl groups excluding tert-OH is 4. The van der Waals surface area contributed by atoms with Gasteiger partial charge in [-0.15, -0.1) is 0 Å². The predicted molar refractivity (Wildman–Crippen MR) is 120 cm³/mol. The van der Waals surface area contributed by atoms with Crippen molar-refractivity contribution in [2.24, 2.45) is 0 Å². The van der Waals surface area contributed by atoms with Crippen molar-refractivity contribution in [1.82, 2.24) is 0 Å². The summed E-state index contributed by atoms with van der Waals surface area (Å²) in [5.74, 6) is -1.26. The van der Waals surface area contributed by atoms with E-state index in [9.17, 15) is 24.9 Å². The first kappa shape index (κ1) is 26.2. The van der Waals surface area contributed by atoms with Crippen LogP contribution in [0.25, 0.3) is 0 Å². The first-order chi connectivity index (χ1) is 15.1. The van der Waals surface area contributed by atoms with Gasteiger partial charge in [0, 0.05) is 31.3 Å². The van der Waals surface area contributed by atoms with E-state index in [4.69, 9.17) is 9.84 Å². The normalized spacial score (nSPS) is 27.5. The van der Waals surface area contributed by atoms with Crippen LogP contribution in [0.3, 0.4) is 0 Å². The summed E-state index contributed by atoms with van der Waals surface area (Å²) in [6.07, 6.45) is -1.31. The molecule has 0 aliphatic carbocycles. The van der Waals surface area contributed by atoms with Crippen LogP contribution in [0.15, 0.2) is 35.9 Å². The Morgan fingerprint density at radius 1 is 1.12 bits per heavy atom. The highest BCUT2D eigenvalue weighted by Crippen LogP contribution is 2.31. The Morgan fingerprint density at radius 3 is 2.53 bits per heavy atom. The Hall–Kier alpha value is -2.06. The molecule has 2 bridgehead atoms. The van der Waals surface area contributed by atoms with Gasteiger partial charge < -0.3 is 25.2 Å². The first-order valence-corrected chi connectivity index (χ1v) is 11.2. The number of allylic oxidation sites excluding steroid dienone is 1. The molecular weight excluding hydrogens is 412 g/mol. The maximum absolute atomic E-state index is 12.8. The van der Waals surface area contributed by atoms with Crippen molar-refractivity contribution in [2.75, 3.05) is 6.61 Å². The van der Waals surface area contributed by atoms with Gasteiger partial charge in [-0.2, -0.15) is 0 Å². The number of fused-ring (bicyclic) bond motifs is 2. The summed E-state index contributed by atoms with van der Waals surface area (Å²) in [6.45, 7) is 5.53. The summed E-state index contributed by atoms with van der Waals surface area (Å²) in [6, 6.07) is 7.21. The number of aliphatic hydroxyl groups is 4. The second kappa shape index (κ2) is 11.7. The lowest BCUT2D eigenvalue weighted by atomic mass is 9.76. The maximum Gasteiger partial charge on any atom is 0.338 e. The van der Waals surface area contributed by atoms with Crippen molar-refractivity contribution in [3.63, 3.8) is 0 Å². The van der Waals surface area contributed by atoms with Crippen molar-refractivity contribution in [3.8, 4) is 0 Å². The number of cyclic esters (lactones) is 1. The van der Waals surface area contributed by atoms with E-state index in [1.165, 1.54) is 0 Å². The number of ether oxygens (including phenoxy) is 1. The number of hydrogen-bond acceptors (Lipinski definition) is 7. The van der Waals surface area contributed by atoms with Crippen LogP contribution in [0, 0.1) is 0 Å². The highest BCUT2D eigenvalue weighted by Gasteiger charge is 2.35. The lowest BCUT2D eigenvalue weighted by molar-refractivity contribution is -0.164. The summed E-state index contributed by atoms with van der Waals surface area (Å²) in [7, 11) is 0. The van der Waals surface area contributed by atoms with Crippen LogP contribution in [-0.2, 0) is 26.2 Å². The Kier molecular flexibility index (Phi) is 9.58. The second-order valence-corrected chi connectivity index (χ2v) is 9.19. The molecule has 4 atom stereocenters. The largest absolute Gasteiger partial charge is 0.455 e. The molecule has 1 aromatic rings. The van der Waals surface area contributed by atoms with E-state index in [-0.39, 0.29) is 31.7 Å². The number of carbonyl (C=O) groups is 2. The van der Waals surface area contributed by atoms with Gasteiger partial charge >= 0.3 is 5.97 Å². The van der Waals surface area contributed by atoms with E-state index in [1.54, 1.807) is 19.1 Å². The molecule has 1 aliphatic heterocycles. The molecule has 178 valence electrons. The van der Waals surface area contributed by atoms with Gasteiger partial charge in [-0.25, -0.2) is 4.79 Å². The molecule has 1 aliphatic rings. The molecule has 4 N–H and O–H groups in total. The third kappa shape index (κ3) is 6.97. The SMILES string of the molecule is C/C(=C/CCCCO)[C@H]1CC(=O)C[C@@H](O)C(C)(C)c2cccc(c2)C[C@@H](O)[C@@H](O)C(=O)O1. The molecule has 1 heterocycles. The van der Waals surface area contributed by atoms with Gasteiger partial charge in [-0.05, 0) is 42.9 Å². The van der Waals surface area contributed by atoms with Crippen LogP contribution < -0.4 is 0 Å². The van der Waals surface area contributed by atoms with E-state index < -0.39 is 35.8 Å². The van der Waals surface area contributed by atoms with Crippen LogP contribution in [-0.4, -0.2) is 63.2 Å². The van der Waals surface area contributed by atoms with Gasteiger partial charge in [0.1, 0.15) is 11.9 Å². The van der Waals surface area contributed by atoms with Crippen LogP contribution in [0.5, 0.6) is 0 Å². The molecule has 32 heavy (non-hydrogen) atoms. The van der Waals surface area contributed by atoms with Gasteiger partial charge in [0.15, 0.2) is 6.10 Å². The summed E-state index contributed by atoms with van der Waals surface area (Å²) >= 11 is 0. The average molecular weight is 449 g/mol. The molecule has 0 fully saturated rings. The molecule has 0 saturated heterocycles. The lowest BCUT2D eigenvalue weighted by Crippen LogP contribution is -2.40. The maximum atomic E-state index is 12.8. The molecular formula is C25H36O7. The van der Waals surface area contributed by atoms with Gasteiger partial charge in [0.05, 0.1) is 12.2 Å². The smallest absolute Gasteiger partial charge is 0.338 e. The van der Waals surface area contributed by atoms with Crippen LogP contribution in [0.1, 0.15) is 64.0 Å². The fourth-order valence-electron chi connectivity index (χ4n) is 3.79. The number of hydrogen-bond donors (Lipinski definition) is 4. The third-order valence-electron chi connectivity index (χ3n) is 6.23. The number of carbonyl (C=O) groups excluding carboxylic acids is 2. The van der Waals surface area contributed by atoms with Crippen molar-refractivity contribution in [1.29, 1.82) is 0 Å². The Labute approximate surface area is 189 Å².